The fourth-order valence-electron chi connectivity index (χ4n) is 1.74. The number of aliphatic carboxylic acids is 1. The highest BCUT2D eigenvalue weighted by molar-refractivity contribution is 5.87. The summed E-state index contributed by atoms with van der Waals surface area (Å²) in [7, 11) is 1.22. The van der Waals surface area contributed by atoms with Crippen molar-refractivity contribution in [2.45, 2.75) is 12.8 Å². The molecule has 17 heavy (non-hydrogen) atoms. The van der Waals surface area contributed by atoms with Crippen LogP contribution in [0.1, 0.15) is 12.8 Å². The van der Waals surface area contributed by atoms with Crippen LogP contribution in [0.15, 0.2) is 12.2 Å². The molecule has 0 aromatic carbocycles. The summed E-state index contributed by atoms with van der Waals surface area (Å²) in [5, 5.41) is 11.4. The van der Waals surface area contributed by atoms with E-state index < -0.39 is 29.7 Å². The zero-order valence-electron chi connectivity index (χ0n) is 9.51. The summed E-state index contributed by atoms with van der Waals surface area (Å²) in [5.74, 6) is -3.32. The van der Waals surface area contributed by atoms with Crippen LogP contribution in [0.5, 0.6) is 0 Å². The number of carbonyl (C=O) groups excluding carboxylic acids is 2. The summed E-state index contributed by atoms with van der Waals surface area (Å²) in [6.45, 7) is -0.234. The molecule has 0 bridgehead atoms. The highest BCUT2D eigenvalue weighted by Crippen LogP contribution is 2.25. The highest BCUT2D eigenvalue weighted by Gasteiger charge is 2.33. The third kappa shape index (κ3) is 3.58. The number of carboxylic acid groups (broad SMARTS) is 1. The summed E-state index contributed by atoms with van der Waals surface area (Å²) in [6.07, 6.45) is 4.25. The van der Waals surface area contributed by atoms with E-state index in [2.05, 4.69) is 10.1 Å². The average Bonchev–Trinajstić information content (AvgIpc) is 2.35. The first-order valence-corrected chi connectivity index (χ1v) is 5.28. The summed E-state index contributed by atoms with van der Waals surface area (Å²) >= 11 is 0. The lowest BCUT2D eigenvalue weighted by molar-refractivity contribution is -0.147. The predicted octanol–water partition coefficient (Wildman–Crippen LogP) is -0.0574. The maximum Gasteiger partial charge on any atom is 0.325 e. The monoisotopic (exact) mass is 241 g/mol. The first-order valence-electron chi connectivity index (χ1n) is 5.28. The first-order chi connectivity index (χ1) is 8.06. The van der Waals surface area contributed by atoms with Gasteiger partial charge in [-0.25, -0.2) is 0 Å². The number of methoxy groups -OCH3 is 1. The number of hydrogen-bond acceptors (Lipinski definition) is 4. The molecular formula is C11H15NO5. The minimum atomic E-state index is -0.993. The second-order valence-corrected chi connectivity index (χ2v) is 3.79. The number of ether oxygens (including phenoxy) is 1. The third-order valence-electron chi connectivity index (χ3n) is 2.72. The Morgan fingerprint density at radius 3 is 2.41 bits per heavy atom. The van der Waals surface area contributed by atoms with E-state index in [0.29, 0.717) is 12.8 Å². The molecule has 0 spiro atoms. The zero-order valence-corrected chi connectivity index (χ0v) is 9.51. The molecule has 1 amide bonds. The van der Waals surface area contributed by atoms with Crippen LogP contribution in [0.4, 0.5) is 0 Å². The van der Waals surface area contributed by atoms with Crippen LogP contribution >= 0.6 is 0 Å². The third-order valence-corrected chi connectivity index (χ3v) is 2.72. The molecule has 0 aromatic rings. The van der Waals surface area contributed by atoms with E-state index in [4.69, 9.17) is 5.11 Å². The summed E-state index contributed by atoms with van der Waals surface area (Å²) in [4.78, 5) is 33.5. The van der Waals surface area contributed by atoms with Crippen molar-refractivity contribution >= 4 is 17.8 Å². The Balaban J connectivity index is 2.57. The number of hydrogen-bond donors (Lipinski definition) is 2. The molecule has 0 fully saturated rings. The molecule has 0 saturated carbocycles. The Morgan fingerprint density at radius 1 is 1.29 bits per heavy atom. The molecule has 0 heterocycles. The van der Waals surface area contributed by atoms with Crippen molar-refractivity contribution in [3.8, 4) is 0 Å². The number of carboxylic acids is 1. The van der Waals surface area contributed by atoms with Gasteiger partial charge in [0.15, 0.2) is 0 Å². The van der Waals surface area contributed by atoms with Crippen molar-refractivity contribution in [1.29, 1.82) is 0 Å². The van der Waals surface area contributed by atoms with E-state index in [9.17, 15) is 14.4 Å². The summed E-state index contributed by atoms with van der Waals surface area (Å²) in [6, 6.07) is 0. The van der Waals surface area contributed by atoms with Crippen LogP contribution in [-0.4, -0.2) is 36.6 Å². The lowest BCUT2D eigenvalue weighted by Gasteiger charge is -2.23. The van der Waals surface area contributed by atoms with Crippen molar-refractivity contribution < 1.29 is 24.2 Å². The molecule has 0 aromatic heterocycles. The molecular weight excluding hydrogens is 226 g/mol. The molecule has 1 aliphatic carbocycles. The van der Waals surface area contributed by atoms with Crippen LogP contribution < -0.4 is 5.32 Å². The van der Waals surface area contributed by atoms with Crippen molar-refractivity contribution in [1.82, 2.24) is 5.32 Å². The lowest BCUT2D eigenvalue weighted by Crippen LogP contribution is -2.40. The molecule has 1 rings (SSSR count). The fourth-order valence-corrected chi connectivity index (χ4v) is 1.74. The van der Waals surface area contributed by atoms with Gasteiger partial charge in [-0.1, -0.05) is 12.2 Å². The number of carbonyl (C=O) groups is 3. The number of allylic oxidation sites excluding steroid dienone is 2. The van der Waals surface area contributed by atoms with Gasteiger partial charge in [0.25, 0.3) is 0 Å². The predicted molar refractivity (Wildman–Crippen MR) is 58.0 cm³/mol. The molecule has 0 saturated heterocycles. The van der Waals surface area contributed by atoms with Gasteiger partial charge in [0.05, 0.1) is 18.9 Å². The lowest BCUT2D eigenvalue weighted by atomic mass is 9.82. The van der Waals surface area contributed by atoms with Gasteiger partial charge in [-0.3, -0.25) is 14.4 Å². The van der Waals surface area contributed by atoms with Gasteiger partial charge in [0.1, 0.15) is 6.54 Å². The van der Waals surface area contributed by atoms with Crippen LogP contribution in [0, 0.1) is 11.8 Å². The van der Waals surface area contributed by atoms with Crippen LogP contribution in [0.3, 0.4) is 0 Å². The highest BCUT2D eigenvalue weighted by atomic mass is 16.5. The molecule has 6 heteroatoms. The SMILES string of the molecule is COC(=O)CNC(=O)[C@@H]1CC=CC[C@@H]1C(=O)O. The Labute approximate surface area is 98.6 Å². The number of esters is 1. The first kappa shape index (κ1) is 13.2. The van der Waals surface area contributed by atoms with E-state index in [0.717, 1.165) is 0 Å². The Bertz CT molecular complexity index is 350. The van der Waals surface area contributed by atoms with E-state index >= 15 is 0 Å². The molecule has 0 unspecified atom stereocenters. The molecule has 6 nitrogen and oxygen atoms in total. The molecule has 1 aliphatic rings. The smallest absolute Gasteiger partial charge is 0.325 e. The quantitative estimate of drug-likeness (QED) is 0.531. The van der Waals surface area contributed by atoms with Gasteiger partial charge in [-0.05, 0) is 12.8 Å². The number of nitrogens with one attached hydrogen (secondary N) is 1. The second-order valence-electron chi connectivity index (χ2n) is 3.79. The Hall–Kier alpha value is -1.85. The van der Waals surface area contributed by atoms with Gasteiger partial charge in [0, 0.05) is 0 Å². The van der Waals surface area contributed by atoms with Crippen LogP contribution in [0.25, 0.3) is 0 Å². The zero-order chi connectivity index (χ0) is 12.8. The van der Waals surface area contributed by atoms with Crippen LogP contribution in [0.2, 0.25) is 0 Å². The standard InChI is InChI=1S/C11H15NO5/c1-17-9(13)6-12-10(14)7-4-2-3-5-8(7)11(15)16/h2-3,7-8H,4-6H2,1H3,(H,12,14)(H,15,16)/t7-,8+/m1/s1. The summed E-state index contributed by atoms with van der Waals surface area (Å²) < 4.78 is 4.38. The molecule has 94 valence electrons. The van der Waals surface area contributed by atoms with Gasteiger partial charge >= 0.3 is 11.9 Å². The fraction of sp³-hybridized carbons (Fsp3) is 0.545. The van der Waals surface area contributed by atoms with Crippen molar-refractivity contribution in [2.24, 2.45) is 11.8 Å². The van der Waals surface area contributed by atoms with Gasteiger partial charge in [-0.15, -0.1) is 0 Å². The maximum absolute atomic E-state index is 11.7. The van der Waals surface area contributed by atoms with E-state index in [1.54, 1.807) is 12.2 Å². The topological polar surface area (TPSA) is 92.7 Å². The molecule has 0 aliphatic heterocycles. The second kappa shape index (κ2) is 6.03. The largest absolute Gasteiger partial charge is 0.481 e. The maximum atomic E-state index is 11.7. The minimum absolute atomic E-state index is 0.234. The Morgan fingerprint density at radius 2 is 1.88 bits per heavy atom. The minimum Gasteiger partial charge on any atom is -0.481 e. The van der Waals surface area contributed by atoms with Gasteiger partial charge in [0.2, 0.25) is 5.91 Å². The van der Waals surface area contributed by atoms with Crippen molar-refractivity contribution in [2.75, 3.05) is 13.7 Å². The molecule has 2 N–H and O–H groups in total. The molecule has 2 atom stereocenters. The van der Waals surface area contributed by atoms with Gasteiger partial charge < -0.3 is 15.2 Å². The number of amides is 1. The Kier molecular flexibility index (Phi) is 4.68. The normalized spacial score (nSPS) is 22.9. The average molecular weight is 241 g/mol. The van der Waals surface area contributed by atoms with Crippen molar-refractivity contribution in [3.63, 3.8) is 0 Å². The van der Waals surface area contributed by atoms with E-state index in [1.165, 1.54) is 7.11 Å². The number of rotatable bonds is 4. The molecule has 0 radical (unpaired) electrons. The van der Waals surface area contributed by atoms with Crippen molar-refractivity contribution in [3.05, 3.63) is 12.2 Å². The van der Waals surface area contributed by atoms with E-state index in [1.807, 2.05) is 0 Å². The van der Waals surface area contributed by atoms with Crippen LogP contribution in [-0.2, 0) is 19.1 Å². The van der Waals surface area contributed by atoms with Gasteiger partial charge in [-0.2, -0.15) is 0 Å². The van der Waals surface area contributed by atoms with E-state index in [-0.39, 0.29) is 6.54 Å². The summed E-state index contributed by atoms with van der Waals surface area (Å²) in [5.41, 5.74) is 0.